The lowest BCUT2D eigenvalue weighted by Crippen LogP contribution is -2.27. The average Bonchev–Trinajstić information content (AvgIpc) is 2.98. The Morgan fingerprint density at radius 2 is 2.20 bits per heavy atom. The van der Waals surface area contributed by atoms with Gasteiger partial charge in [-0.05, 0) is 12.1 Å². The molecule has 20 heavy (non-hydrogen) atoms. The standard InChI is InChI=1S/C13H13N3O3S/c1-8(12-14-4-5-20-12)6-16-11(17)9-2-3-10(13(18)19)15-7-9/h2-5,7-8H,6H2,1H3,(H,16,17)(H,18,19). The zero-order valence-corrected chi connectivity index (χ0v) is 11.6. The van der Waals surface area contributed by atoms with Gasteiger partial charge < -0.3 is 10.4 Å². The van der Waals surface area contributed by atoms with Crippen LogP contribution in [0.3, 0.4) is 0 Å². The van der Waals surface area contributed by atoms with Gasteiger partial charge in [0.05, 0.1) is 10.6 Å². The van der Waals surface area contributed by atoms with Crippen molar-refractivity contribution in [3.05, 3.63) is 46.2 Å². The SMILES string of the molecule is CC(CNC(=O)c1ccc(C(=O)O)nc1)c1nccs1. The highest BCUT2D eigenvalue weighted by molar-refractivity contribution is 7.09. The van der Waals surface area contributed by atoms with Gasteiger partial charge >= 0.3 is 5.97 Å². The summed E-state index contributed by atoms with van der Waals surface area (Å²) in [5.74, 6) is -1.27. The molecule has 6 nitrogen and oxygen atoms in total. The van der Waals surface area contributed by atoms with Gasteiger partial charge in [0.15, 0.2) is 0 Å². The largest absolute Gasteiger partial charge is 0.477 e. The summed E-state index contributed by atoms with van der Waals surface area (Å²) in [6.07, 6.45) is 2.99. The van der Waals surface area contributed by atoms with E-state index in [2.05, 4.69) is 15.3 Å². The first-order chi connectivity index (χ1) is 9.58. The monoisotopic (exact) mass is 291 g/mol. The number of carbonyl (C=O) groups is 2. The van der Waals surface area contributed by atoms with Crippen molar-refractivity contribution >= 4 is 23.2 Å². The molecule has 2 N–H and O–H groups in total. The van der Waals surface area contributed by atoms with Crippen molar-refractivity contribution in [1.29, 1.82) is 0 Å². The molecule has 0 aromatic carbocycles. The number of aromatic carboxylic acids is 1. The summed E-state index contributed by atoms with van der Waals surface area (Å²) in [5, 5.41) is 14.4. The van der Waals surface area contributed by atoms with Crippen molar-refractivity contribution in [2.24, 2.45) is 0 Å². The lowest BCUT2D eigenvalue weighted by molar-refractivity contribution is 0.0689. The maximum Gasteiger partial charge on any atom is 0.354 e. The van der Waals surface area contributed by atoms with E-state index in [1.54, 1.807) is 17.5 Å². The molecule has 1 unspecified atom stereocenters. The Bertz CT molecular complexity index is 596. The minimum absolute atomic E-state index is 0.0855. The Labute approximate surface area is 119 Å². The van der Waals surface area contributed by atoms with Crippen molar-refractivity contribution in [3.63, 3.8) is 0 Å². The third kappa shape index (κ3) is 3.39. The minimum Gasteiger partial charge on any atom is -0.477 e. The molecule has 0 aliphatic rings. The molecular weight excluding hydrogens is 278 g/mol. The predicted octanol–water partition coefficient (Wildman–Crippen LogP) is 1.77. The number of nitrogens with one attached hydrogen (secondary N) is 1. The number of thiazole rings is 1. The number of amides is 1. The van der Waals surface area contributed by atoms with Gasteiger partial charge in [-0.25, -0.2) is 14.8 Å². The van der Waals surface area contributed by atoms with Gasteiger partial charge in [0.25, 0.3) is 5.91 Å². The summed E-state index contributed by atoms with van der Waals surface area (Å²) in [6.45, 7) is 2.44. The summed E-state index contributed by atoms with van der Waals surface area (Å²) in [7, 11) is 0. The zero-order valence-electron chi connectivity index (χ0n) is 10.7. The number of carboxylic acids is 1. The summed E-state index contributed by atoms with van der Waals surface area (Å²) < 4.78 is 0. The highest BCUT2D eigenvalue weighted by Gasteiger charge is 2.12. The van der Waals surface area contributed by atoms with E-state index in [9.17, 15) is 9.59 Å². The molecule has 0 bridgehead atoms. The van der Waals surface area contributed by atoms with E-state index in [4.69, 9.17) is 5.11 Å². The first kappa shape index (κ1) is 14.1. The summed E-state index contributed by atoms with van der Waals surface area (Å²) in [5.41, 5.74) is 0.249. The molecule has 0 aliphatic heterocycles. The lowest BCUT2D eigenvalue weighted by atomic mass is 10.2. The van der Waals surface area contributed by atoms with Crippen LogP contribution in [0.25, 0.3) is 0 Å². The van der Waals surface area contributed by atoms with Crippen molar-refractivity contribution in [3.8, 4) is 0 Å². The Morgan fingerprint density at radius 3 is 2.75 bits per heavy atom. The topological polar surface area (TPSA) is 92.2 Å². The van der Waals surface area contributed by atoms with Gasteiger partial charge in [-0.1, -0.05) is 6.92 Å². The van der Waals surface area contributed by atoms with Crippen LogP contribution in [-0.2, 0) is 0 Å². The molecule has 0 aliphatic carbocycles. The molecule has 7 heteroatoms. The summed E-state index contributed by atoms with van der Waals surface area (Å²) in [6, 6.07) is 2.75. The van der Waals surface area contributed by atoms with E-state index in [0.29, 0.717) is 12.1 Å². The molecule has 1 atom stereocenters. The molecular formula is C13H13N3O3S. The maximum atomic E-state index is 11.9. The van der Waals surface area contributed by atoms with Gasteiger partial charge in [-0.2, -0.15) is 0 Å². The second kappa shape index (κ2) is 6.25. The second-order valence-electron chi connectivity index (χ2n) is 4.22. The molecule has 0 radical (unpaired) electrons. The molecule has 104 valence electrons. The van der Waals surface area contributed by atoms with E-state index >= 15 is 0 Å². The molecule has 2 heterocycles. The van der Waals surface area contributed by atoms with Crippen molar-refractivity contribution in [2.75, 3.05) is 6.54 Å². The lowest BCUT2D eigenvalue weighted by Gasteiger charge is -2.10. The van der Waals surface area contributed by atoms with Gasteiger partial charge in [-0.3, -0.25) is 4.79 Å². The Morgan fingerprint density at radius 1 is 1.40 bits per heavy atom. The number of pyridine rings is 1. The van der Waals surface area contributed by atoms with Crippen LogP contribution in [0.4, 0.5) is 0 Å². The molecule has 1 amide bonds. The van der Waals surface area contributed by atoms with E-state index in [1.807, 2.05) is 12.3 Å². The van der Waals surface area contributed by atoms with E-state index in [1.165, 1.54) is 18.3 Å². The number of carboxylic acid groups (broad SMARTS) is 1. The first-order valence-corrected chi connectivity index (χ1v) is 6.83. The van der Waals surface area contributed by atoms with E-state index in [-0.39, 0.29) is 17.5 Å². The maximum absolute atomic E-state index is 11.9. The Balaban J connectivity index is 1.93. The van der Waals surface area contributed by atoms with Crippen LogP contribution in [0.2, 0.25) is 0 Å². The minimum atomic E-state index is -1.12. The van der Waals surface area contributed by atoms with Gasteiger partial charge in [-0.15, -0.1) is 11.3 Å². The smallest absolute Gasteiger partial charge is 0.354 e. The quantitative estimate of drug-likeness (QED) is 0.876. The van der Waals surface area contributed by atoms with E-state index < -0.39 is 5.97 Å². The molecule has 0 saturated carbocycles. The predicted molar refractivity (Wildman–Crippen MR) is 74.1 cm³/mol. The van der Waals surface area contributed by atoms with Crippen molar-refractivity contribution in [2.45, 2.75) is 12.8 Å². The molecule has 0 saturated heterocycles. The number of rotatable bonds is 5. The molecule has 2 aromatic heterocycles. The van der Waals surface area contributed by atoms with Crippen LogP contribution in [-0.4, -0.2) is 33.5 Å². The van der Waals surface area contributed by atoms with Crippen LogP contribution >= 0.6 is 11.3 Å². The van der Waals surface area contributed by atoms with Gasteiger partial charge in [0.2, 0.25) is 0 Å². The Hall–Kier alpha value is -2.28. The number of carbonyl (C=O) groups excluding carboxylic acids is 1. The number of hydrogen-bond acceptors (Lipinski definition) is 5. The van der Waals surface area contributed by atoms with Crippen molar-refractivity contribution < 1.29 is 14.7 Å². The van der Waals surface area contributed by atoms with Gasteiger partial charge in [0, 0.05) is 30.2 Å². The first-order valence-electron chi connectivity index (χ1n) is 5.95. The third-order valence-corrected chi connectivity index (χ3v) is 3.69. The highest BCUT2D eigenvalue weighted by atomic mass is 32.1. The normalized spacial score (nSPS) is 11.8. The fourth-order valence-electron chi connectivity index (χ4n) is 1.57. The average molecular weight is 291 g/mol. The van der Waals surface area contributed by atoms with Crippen molar-refractivity contribution in [1.82, 2.24) is 15.3 Å². The molecule has 2 rings (SSSR count). The number of nitrogens with zero attached hydrogens (tertiary/aromatic N) is 2. The fraction of sp³-hybridized carbons (Fsp3) is 0.231. The van der Waals surface area contributed by atoms with E-state index in [0.717, 1.165) is 5.01 Å². The van der Waals surface area contributed by atoms with Crippen LogP contribution in [0.1, 0.15) is 38.7 Å². The van der Waals surface area contributed by atoms with Crippen LogP contribution in [0, 0.1) is 0 Å². The summed E-state index contributed by atoms with van der Waals surface area (Å²) in [4.78, 5) is 30.4. The third-order valence-electron chi connectivity index (χ3n) is 2.69. The van der Waals surface area contributed by atoms with Gasteiger partial charge in [0.1, 0.15) is 5.69 Å². The molecule has 0 fully saturated rings. The van der Waals surface area contributed by atoms with Crippen LogP contribution < -0.4 is 5.32 Å². The Kier molecular flexibility index (Phi) is 4.41. The summed E-state index contributed by atoms with van der Waals surface area (Å²) >= 11 is 1.54. The van der Waals surface area contributed by atoms with Crippen LogP contribution in [0.15, 0.2) is 29.9 Å². The second-order valence-corrected chi connectivity index (χ2v) is 5.14. The number of hydrogen-bond donors (Lipinski definition) is 2. The highest BCUT2D eigenvalue weighted by Crippen LogP contribution is 2.16. The van der Waals surface area contributed by atoms with Crippen LogP contribution in [0.5, 0.6) is 0 Å². The number of aromatic nitrogens is 2. The molecule has 0 spiro atoms. The molecule has 2 aromatic rings. The zero-order chi connectivity index (χ0) is 14.5. The fourth-order valence-corrected chi connectivity index (χ4v) is 2.27.